The second-order valence-corrected chi connectivity index (χ2v) is 11.6. The molecule has 1 N–H and O–H groups in total. The first kappa shape index (κ1) is 27.6. The number of nitrogens with zero attached hydrogens (tertiary/aromatic N) is 1. The smallest absolute Gasteiger partial charge is 0.243 e. The molecule has 5 heteroatoms. The van der Waals surface area contributed by atoms with Crippen molar-refractivity contribution in [1.29, 1.82) is 0 Å². The normalized spacial score (nSPS) is 16.0. The Bertz CT molecular complexity index is 1420. The Morgan fingerprint density at radius 2 is 1.66 bits per heavy atom. The third kappa shape index (κ3) is 6.34. The van der Waals surface area contributed by atoms with Gasteiger partial charge in [-0.2, -0.15) is 4.31 Å². The highest BCUT2D eigenvalue weighted by Crippen LogP contribution is 2.34. The summed E-state index contributed by atoms with van der Waals surface area (Å²) in [7, 11) is -4.01. The molecule has 4 nitrogen and oxygen atoms in total. The van der Waals surface area contributed by atoms with Crippen LogP contribution in [0, 0.1) is 18.8 Å². The van der Waals surface area contributed by atoms with Crippen LogP contribution in [0.15, 0.2) is 114 Å². The topological polar surface area (TPSA) is 57.6 Å². The first-order valence-electron chi connectivity index (χ1n) is 13.1. The van der Waals surface area contributed by atoms with Gasteiger partial charge in [-0.25, -0.2) is 8.42 Å². The van der Waals surface area contributed by atoms with Crippen LogP contribution in [0.1, 0.15) is 42.4 Å². The van der Waals surface area contributed by atoms with Gasteiger partial charge in [0.25, 0.3) is 0 Å². The first-order chi connectivity index (χ1) is 18.3. The first-order valence-corrected chi connectivity index (χ1v) is 14.5. The molecule has 1 aliphatic carbocycles. The molecule has 0 saturated heterocycles. The number of hydrogen-bond acceptors (Lipinski definition) is 3. The van der Waals surface area contributed by atoms with Crippen LogP contribution in [0.2, 0.25) is 0 Å². The van der Waals surface area contributed by atoms with Crippen molar-refractivity contribution in [1.82, 2.24) is 4.31 Å². The summed E-state index contributed by atoms with van der Waals surface area (Å²) in [5.74, 6) is 6.41. The lowest BCUT2D eigenvalue weighted by Crippen LogP contribution is -2.53. The van der Waals surface area contributed by atoms with Crippen LogP contribution in [-0.2, 0) is 22.0 Å². The lowest BCUT2D eigenvalue weighted by molar-refractivity contribution is 0.0264. The molecule has 0 spiro atoms. The molecule has 196 valence electrons. The zero-order chi connectivity index (χ0) is 27.0. The van der Waals surface area contributed by atoms with Crippen molar-refractivity contribution in [3.05, 3.63) is 126 Å². The zero-order valence-corrected chi connectivity index (χ0v) is 22.7. The van der Waals surface area contributed by atoms with Gasteiger partial charge in [0.15, 0.2) is 5.60 Å². The van der Waals surface area contributed by atoms with Crippen LogP contribution < -0.4 is 0 Å². The third-order valence-corrected chi connectivity index (χ3v) is 8.85. The van der Waals surface area contributed by atoms with Crippen LogP contribution in [0.3, 0.4) is 0 Å². The Morgan fingerprint density at radius 3 is 2.26 bits per heavy atom. The summed E-state index contributed by atoms with van der Waals surface area (Å²) in [6.07, 6.45) is 7.96. The molecule has 3 aromatic rings. The quantitative estimate of drug-likeness (QED) is 0.268. The minimum absolute atomic E-state index is 0.0211. The number of benzene rings is 3. The molecule has 0 amide bonds. The molecule has 0 aromatic heterocycles. The molecule has 2 unspecified atom stereocenters. The maximum absolute atomic E-state index is 14.2. The van der Waals surface area contributed by atoms with Gasteiger partial charge < -0.3 is 5.11 Å². The lowest BCUT2D eigenvalue weighted by atomic mass is 9.82. The molecule has 38 heavy (non-hydrogen) atoms. The largest absolute Gasteiger partial charge is 0.372 e. The second-order valence-electron chi connectivity index (χ2n) is 9.74. The van der Waals surface area contributed by atoms with Crippen LogP contribution in [0.5, 0.6) is 0 Å². The van der Waals surface area contributed by atoms with E-state index in [-0.39, 0.29) is 17.9 Å². The van der Waals surface area contributed by atoms with E-state index >= 15 is 0 Å². The minimum Gasteiger partial charge on any atom is -0.372 e. The van der Waals surface area contributed by atoms with Crippen molar-refractivity contribution in [2.75, 3.05) is 6.54 Å². The summed E-state index contributed by atoms with van der Waals surface area (Å²) in [5.41, 5.74) is 1.63. The Kier molecular flexibility index (Phi) is 9.01. The number of hydrogen-bond donors (Lipinski definition) is 1. The molecular formula is C33H35NO3S. The van der Waals surface area contributed by atoms with Gasteiger partial charge >= 0.3 is 0 Å². The van der Waals surface area contributed by atoms with Gasteiger partial charge in [-0.3, -0.25) is 0 Å². The van der Waals surface area contributed by atoms with Crippen molar-refractivity contribution < 1.29 is 13.5 Å². The molecule has 1 aliphatic rings. The van der Waals surface area contributed by atoms with Crippen molar-refractivity contribution in [3.63, 3.8) is 0 Å². The molecule has 2 atom stereocenters. The molecule has 0 heterocycles. The molecule has 0 bridgehead atoms. The Labute approximate surface area is 227 Å². The highest BCUT2D eigenvalue weighted by atomic mass is 32.2. The van der Waals surface area contributed by atoms with Crippen molar-refractivity contribution in [2.24, 2.45) is 0 Å². The summed E-state index contributed by atoms with van der Waals surface area (Å²) in [6.45, 7) is 5.79. The molecule has 4 rings (SSSR count). The van der Waals surface area contributed by atoms with E-state index in [0.717, 1.165) is 42.4 Å². The van der Waals surface area contributed by atoms with E-state index in [2.05, 4.69) is 24.5 Å². The number of allylic oxidation sites excluding steroid dienone is 2. The number of aryl methyl sites for hydroxylation is 1. The Morgan fingerprint density at radius 1 is 1.00 bits per heavy atom. The highest BCUT2D eigenvalue weighted by molar-refractivity contribution is 7.89. The maximum Gasteiger partial charge on any atom is 0.243 e. The van der Waals surface area contributed by atoms with E-state index < -0.39 is 21.7 Å². The van der Waals surface area contributed by atoms with E-state index in [1.807, 2.05) is 67.6 Å². The monoisotopic (exact) mass is 525 g/mol. The fourth-order valence-corrected chi connectivity index (χ4v) is 6.44. The predicted molar refractivity (Wildman–Crippen MR) is 154 cm³/mol. The van der Waals surface area contributed by atoms with Crippen molar-refractivity contribution in [2.45, 2.75) is 55.6 Å². The van der Waals surface area contributed by atoms with Crippen molar-refractivity contribution in [3.8, 4) is 11.8 Å². The van der Waals surface area contributed by atoms with Gasteiger partial charge in [-0.15, -0.1) is 6.58 Å². The van der Waals surface area contributed by atoms with Gasteiger partial charge in [-0.05, 0) is 67.9 Å². The van der Waals surface area contributed by atoms with Gasteiger partial charge in [0.05, 0.1) is 10.9 Å². The van der Waals surface area contributed by atoms with Gasteiger partial charge in [0, 0.05) is 6.54 Å². The maximum atomic E-state index is 14.2. The lowest BCUT2D eigenvalue weighted by Gasteiger charge is -2.39. The van der Waals surface area contributed by atoms with E-state index in [9.17, 15) is 13.5 Å². The predicted octanol–water partition coefficient (Wildman–Crippen LogP) is 6.17. The molecular weight excluding hydrogens is 490 g/mol. The van der Waals surface area contributed by atoms with E-state index in [1.165, 1.54) is 4.31 Å². The summed E-state index contributed by atoms with van der Waals surface area (Å²) in [4.78, 5) is 0.168. The summed E-state index contributed by atoms with van der Waals surface area (Å²) >= 11 is 0. The minimum atomic E-state index is -4.01. The standard InChI is InChI=1S/C33H35NO3S/c1-3-25-34(38(36,37)31-21-19-27(2)20-22-31)32(26-29-15-9-5-10-16-29)33(35,30-17-11-6-12-18-30)24-23-28-13-7-4-8-14-28/h3,5-6,9-13,15-22,32,35H,1,4,7-8,14,25-26H2,2H3. The highest BCUT2D eigenvalue weighted by Gasteiger charge is 2.45. The Hall–Kier alpha value is -3.43. The summed E-state index contributed by atoms with van der Waals surface area (Å²) in [5, 5.41) is 12.5. The average molecular weight is 526 g/mol. The SMILES string of the molecule is C=CCN(C(Cc1ccccc1)C(O)(C#CC1=CCCCC1)c1ccccc1)S(=O)(=O)c1ccc(C)cc1. The molecule has 0 radical (unpaired) electrons. The molecule has 3 aromatic carbocycles. The number of rotatable bonds is 9. The fourth-order valence-electron chi connectivity index (χ4n) is 4.83. The Balaban J connectivity index is 1.92. The van der Waals surface area contributed by atoms with Gasteiger partial charge in [-0.1, -0.05) is 102 Å². The third-order valence-electron chi connectivity index (χ3n) is 6.96. The second kappa shape index (κ2) is 12.4. The van der Waals surface area contributed by atoms with E-state index in [4.69, 9.17) is 0 Å². The molecule has 0 fully saturated rings. The summed E-state index contributed by atoms with van der Waals surface area (Å²) < 4.78 is 29.7. The van der Waals surface area contributed by atoms with E-state index in [1.54, 1.807) is 30.3 Å². The van der Waals surface area contributed by atoms with Crippen molar-refractivity contribution >= 4 is 10.0 Å². The van der Waals surface area contributed by atoms with Crippen LogP contribution >= 0.6 is 0 Å². The molecule has 0 saturated carbocycles. The van der Waals surface area contributed by atoms with Crippen LogP contribution in [0.25, 0.3) is 0 Å². The van der Waals surface area contributed by atoms with Gasteiger partial charge in [0.1, 0.15) is 0 Å². The number of sulfonamides is 1. The average Bonchev–Trinajstić information content (AvgIpc) is 2.95. The molecule has 0 aliphatic heterocycles. The van der Waals surface area contributed by atoms with E-state index in [0.29, 0.717) is 5.56 Å². The zero-order valence-electron chi connectivity index (χ0n) is 21.9. The fraction of sp³-hybridized carbons (Fsp3) is 0.273. The summed E-state index contributed by atoms with van der Waals surface area (Å²) in [6, 6.07) is 24.7. The van der Waals surface area contributed by atoms with Crippen LogP contribution in [-0.4, -0.2) is 30.4 Å². The van der Waals surface area contributed by atoms with Gasteiger partial charge in [0.2, 0.25) is 10.0 Å². The van der Waals surface area contributed by atoms with Crippen LogP contribution in [0.4, 0.5) is 0 Å². The number of aliphatic hydroxyl groups is 1.